The molecule has 0 radical (unpaired) electrons. The fraction of sp³-hybridized carbons (Fsp3) is 0.500. The number of carbonyl (C=O) groups is 1. The second kappa shape index (κ2) is 7.71. The van der Waals surface area contributed by atoms with Crippen molar-refractivity contribution in [2.45, 2.75) is 32.7 Å². The van der Waals surface area contributed by atoms with E-state index < -0.39 is 0 Å². The number of para-hydroxylation sites is 1. The monoisotopic (exact) mass is 250 g/mol. The molecular weight excluding hydrogens is 228 g/mol. The maximum atomic E-state index is 11.4. The molecule has 0 bridgehead atoms. The number of hydrogen-bond acceptors (Lipinski definition) is 3. The van der Waals surface area contributed by atoms with E-state index in [0.29, 0.717) is 6.61 Å². The van der Waals surface area contributed by atoms with E-state index >= 15 is 0 Å². The summed E-state index contributed by atoms with van der Waals surface area (Å²) in [4.78, 5) is 11.4. The molecule has 18 heavy (non-hydrogen) atoms. The molecule has 0 saturated heterocycles. The molecular formula is C14H22N2O2. The van der Waals surface area contributed by atoms with Crippen LogP contribution in [-0.4, -0.2) is 25.2 Å². The van der Waals surface area contributed by atoms with E-state index in [4.69, 9.17) is 10.5 Å². The van der Waals surface area contributed by atoms with Gasteiger partial charge in [-0.1, -0.05) is 25.1 Å². The first-order chi connectivity index (χ1) is 8.63. The van der Waals surface area contributed by atoms with Gasteiger partial charge in [0.1, 0.15) is 6.61 Å². The molecule has 0 spiro atoms. The zero-order valence-electron chi connectivity index (χ0n) is 11.1. The number of nitrogens with two attached hydrogens (primary N) is 1. The molecule has 4 nitrogen and oxygen atoms in total. The van der Waals surface area contributed by atoms with Crippen LogP contribution >= 0.6 is 0 Å². The minimum Gasteiger partial charge on any atom is -0.399 e. The summed E-state index contributed by atoms with van der Waals surface area (Å²) in [6.07, 6.45) is 1.65. The topological polar surface area (TPSA) is 64.3 Å². The maximum absolute atomic E-state index is 11.4. The van der Waals surface area contributed by atoms with E-state index in [1.54, 1.807) is 0 Å². The Kier molecular flexibility index (Phi) is 6.22. The number of nitrogens with one attached hydrogen (secondary N) is 1. The SMILES string of the molecule is CCC(C)NC(=O)COCCc1ccccc1N. The quantitative estimate of drug-likeness (QED) is 0.572. The summed E-state index contributed by atoms with van der Waals surface area (Å²) < 4.78 is 5.33. The van der Waals surface area contributed by atoms with E-state index in [0.717, 1.165) is 24.1 Å². The zero-order chi connectivity index (χ0) is 13.4. The molecule has 0 aliphatic rings. The number of carbonyl (C=O) groups excluding carboxylic acids is 1. The molecule has 1 atom stereocenters. The molecule has 4 heteroatoms. The Balaban J connectivity index is 2.19. The van der Waals surface area contributed by atoms with Crippen LogP contribution in [0.4, 0.5) is 5.69 Å². The Labute approximate surface area is 109 Å². The van der Waals surface area contributed by atoms with Gasteiger partial charge in [-0.2, -0.15) is 0 Å². The smallest absolute Gasteiger partial charge is 0.246 e. The maximum Gasteiger partial charge on any atom is 0.246 e. The molecule has 1 aromatic rings. The highest BCUT2D eigenvalue weighted by Crippen LogP contribution is 2.10. The minimum absolute atomic E-state index is 0.0645. The Bertz CT molecular complexity index is 380. The number of amides is 1. The summed E-state index contributed by atoms with van der Waals surface area (Å²) in [7, 11) is 0. The van der Waals surface area contributed by atoms with Crippen molar-refractivity contribution in [3.63, 3.8) is 0 Å². The first kappa shape index (κ1) is 14.5. The number of nitrogen functional groups attached to an aromatic ring is 1. The molecule has 1 unspecified atom stereocenters. The van der Waals surface area contributed by atoms with Crippen LogP contribution in [0.1, 0.15) is 25.8 Å². The van der Waals surface area contributed by atoms with Crippen molar-refractivity contribution >= 4 is 11.6 Å². The highest BCUT2D eigenvalue weighted by molar-refractivity contribution is 5.77. The van der Waals surface area contributed by atoms with Gasteiger partial charge in [-0.25, -0.2) is 0 Å². The van der Waals surface area contributed by atoms with Crippen LogP contribution in [0.3, 0.4) is 0 Å². The summed E-state index contributed by atoms with van der Waals surface area (Å²) in [5.41, 5.74) is 7.64. The average molecular weight is 250 g/mol. The van der Waals surface area contributed by atoms with Crippen LogP contribution in [-0.2, 0) is 16.0 Å². The van der Waals surface area contributed by atoms with E-state index in [1.807, 2.05) is 38.1 Å². The van der Waals surface area contributed by atoms with Crippen LogP contribution in [0.2, 0.25) is 0 Å². The zero-order valence-corrected chi connectivity index (χ0v) is 11.1. The van der Waals surface area contributed by atoms with E-state index in [1.165, 1.54) is 0 Å². The summed E-state index contributed by atoms with van der Waals surface area (Å²) >= 11 is 0. The van der Waals surface area contributed by atoms with E-state index in [-0.39, 0.29) is 18.6 Å². The van der Waals surface area contributed by atoms with Crippen LogP contribution < -0.4 is 11.1 Å². The molecule has 100 valence electrons. The van der Waals surface area contributed by atoms with Gasteiger partial charge in [-0.05, 0) is 31.4 Å². The Morgan fingerprint density at radius 1 is 1.44 bits per heavy atom. The lowest BCUT2D eigenvalue weighted by atomic mass is 10.1. The van der Waals surface area contributed by atoms with Gasteiger partial charge in [-0.3, -0.25) is 4.79 Å². The van der Waals surface area contributed by atoms with Gasteiger partial charge in [0, 0.05) is 11.7 Å². The Morgan fingerprint density at radius 3 is 2.83 bits per heavy atom. The third-order valence-corrected chi connectivity index (χ3v) is 2.82. The lowest BCUT2D eigenvalue weighted by Gasteiger charge is -2.11. The molecule has 1 aromatic carbocycles. The average Bonchev–Trinajstić information content (AvgIpc) is 2.36. The molecule has 1 amide bonds. The van der Waals surface area contributed by atoms with Crippen molar-refractivity contribution in [2.24, 2.45) is 0 Å². The summed E-state index contributed by atoms with van der Waals surface area (Å²) in [6, 6.07) is 7.88. The molecule has 0 aromatic heterocycles. The molecule has 0 aliphatic heterocycles. The van der Waals surface area contributed by atoms with Gasteiger partial charge in [0.05, 0.1) is 6.61 Å². The van der Waals surface area contributed by atoms with Crippen LogP contribution in [0.25, 0.3) is 0 Å². The van der Waals surface area contributed by atoms with Crippen LogP contribution in [0.15, 0.2) is 24.3 Å². The highest BCUT2D eigenvalue weighted by atomic mass is 16.5. The van der Waals surface area contributed by atoms with Gasteiger partial charge in [0.2, 0.25) is 5.91 Å². The second-order valence-corrected chi connectivity index (χ2v) is 4.38. The summed E-state index contributed by atoms with van der Waals surface area (Å²) in [6.45, 7) is 4.62. The molecule has 0 saturated carbocycles. The van der Waals surface area contributed by atoms with E-state index in [9.17, 15) is 4.79 Å². The molecule has 0 aliphatic carbocycles. The molecule has 1 rings (SSSR count). The van der Waals surface area contributed by atoms with Crippen molar-refractivity contribution in [2.75, 3.05) is 18.9 Å². The number of benzene rings is 1. The van der Waals surface area contributed by atoms with Gasteiger partial charge in [-0.15, -0.1) is 0 Å². The van der Waals surface area contributed by atoms with Crippen molar-refractivity contribution in [1.82, 2.24) is 5.32 Å². The van der Waals surface area contributed by atoms with Crippen molar-refractivity contribution < 1.29 is 9.53 Å². The first-order valence-electron chi connectivity index (χ1n) is 6.34. The van der Waals surface area contributed by atoms with Crippen LogP contribution in [0, 0.1) is 0 Å². The molecule has 0 heterocycles. The minimum atomic E-state index is -0.0645. The van der Waals surface area contributed by atoms with Crippen molar-refractivity contribution in [1.29, 1.82) is 0 Å². The van der Waals surface area contributed by atoms with Crippen molar-refractivity contribution in [3.05, 3.63) is 29.8 Å². The first-order valence-corrected chi connectivity index (χ1v) is 6.34. The van der Waals surface area contributed by atoms with Gasteiger partial charge < -0.3 is 15.8 Å². The fourth-order valence-electron chi connectivity index (χ4n) is 1.53. The van der Waals surface area contributed by atoms with Crippen LogP contribution in [0.5, 0.6) is 0 Å². The number of ether oxygens (including phenoxy) is 1. The summed E-state index contributed by atoms with van der Waals surface area (Å²) in [5.74, 6) is -0.0645. The normalized spacial score (nSPS) is 12.1. The molecule has 3 N–H and O–H groups in total. The number of rotatable bonds is 7. The van der Waals surface area contributed by atoms with Gasteiger partial charge in [0.15, 0.2) is 0 Å². The fourth-order valence-corrected chi connectivity index (χ4v) is 1.53. The Hall–Kier alpha value is -1.55. The summed E-state index contributed by atoms with van der Waals surface area (Å²) in [5, 5.41) is 2.85. The van der Waals surface area contributed by atoms with E-state index in [2.05, 4.69) is 5.32 Å². The Morgan fingerprint density at radius 2 is 2.17 bits per heavy atom. The third-order valence-electron chi connectivity index (χ3n) is 2.82. The predicted octanol–water partition coefficient (Wildman–Crippen LogP) is 1.74. The molecule has 0 fully saturated rings. The van der Waals surface area contributed by atoms with Gasteiger partial charge in [0.25, 0.3) is 0 Å². The lowest BCUT2D eigenvalue weighted by Crippen LogP contribution is -2.34. The lowest BCUT2D eigenvalue weighted by molar-refractivity contribution is -0.126. The van der Waals surface area contributed by atoms with Crippen molar-refractivity contribution in [3.8, 4) is 0 Å². The third kappa shape index (κ3) is 5.19. The second-order valence-electron chi connectivity index (χ2n) is 4.38. The highest BCUT2D eigenvalue weighted by Gasteiger charge is 2.05. The van der Waals surface area contributed by atoms with Gasteiger partial charge >= 0.3 is 0 Å². The number of hydrogen-bond donors (Lipinski definition) is 2. The predicted molar refractivity (Wildman–Crippen MR) is 73.3 cm³/mol. The standard InChI is InChI=1S/C14H22N2O2/c1-3-11(2)16-14(17)10-18-9-8-12-6-4-5-7-13(12)15/h4-7,11H,3,8-10,15H2,1-2H3,(H,16,17). The largest absolute Gasteiger partial charge is 0.399 e. The number of anilines is 1.